The van der Waals surface area contributed by atoms with Crippen molar-refractivity contribution < 1.29 is 9.18 Å². The molecule has 2 unspecified atom stereocenters. The number of nitrogens with one attached hydrogen (secondary N) is 2. The van der Waals surface area contributed by atoms with E-state index >= 15 is 0 Å². The summed E-state index contributed by atoms with van der Waals surface area (Å²) in [5.41, 5.74) is 0.532. The number of hydrogen-bond acceptors (Lipinski definition) is 2. The van der Waals surface area contributed by atoms with Crippen molar-refractivity contribution >= 4 is 5.91 Å². The molecular formula is C14H19FN2O. The Balaban J connectivity index is 2.01. The van der Waals surface area contributed by atoms with E-state index in [1.807, 2.05) is 6.92 Å². The standard InChI is InChI=1S/C14H19FN2O/c1-9-7-16-8-12(9)14(18)17-10(2)11-5-3-4-6-13(11)15/h3-6,9-10,12,16H,7-8H2,1-2H3,(H,17,18)/t9?,10-,12?/m1/s1. The van der Waals surface area contributed by atoms with Gasteiger partial charge in [0.15, 0.2) is 0 Å². The maximum atomic E-state index is 13.6. The molecule has 1 aromatic carbocycles. The summed E-state index contributed by atoms with van der Waals surface area (Å²) in [4.78, 5) is 12.1. The van der Waals surface area contributed by atoms with Crippen molar-refractivity contribution in [2.45, 2.75) is 19.9 Å². The van der Waals surface area contributed by atoms with Crippen LogP contribution in [0.1, 0.15) is 25.5 Å². The Morgan fingerprint density at radius 3 is 2.78 bits per heavy atom. The van der Waals surface area contributed by atoms with Crippen molar-refractivity contribution in [2.24, 2.45) is 11.8 Å². The Morgan fingerprint density at radius 1 is 1.44 bits per heavy atom. The fourth-order valence-corrected chi connectivity index (χ4v) is 2.39. The third-order valence-electron chi connectivity index (χ3n) is 3.58. The van der Waals surface area contributed by atoms with Gasteiger partial charge in [-0.2, -0.15) is 0 Å². The van der Waals surface area contributed by atoms with Gasteiger partial charge in [-0.1, -0.05) is 25.1 Å². The van der Waals surface area contributed by atoms with Crippen molar-refractivity contribution in [1.29, 1.82) is 0 Å². The monoisotopic (exact) mass is 250 g/mol. The predicted octanol–water partition coefficient (Wildman–Crippen LogP) is 1.86. The maximum absolute atomic E-state index is 13.6. The second-order valence-corrected chi connectivity index (χ2v) is 4.99. The van der Waals surface area contributed by atoms with Crippen LogP contribution in [0.25, 0.3) is 0 Å². The summed E-state index contributed by atoms with van der Waals surface area (Å²) in [6, 6.07) is 6.25. The molecule has 1 aliphatic rings. The second-order valence-electron chi connectivity index (χ2n) is 4.99. The molecule has 0 radical (unpaired) electrons. The third kappa shape index (κ3) is 2.70. The molecule has 18 heavy (non-hydrogen) atoms. The van der Waals surface area contributed by atoms with E-state index in [0.29, 0.717) is 18.0 Å². The summed E-state index contributed by atoms with van der Waals surface area (Å²) in [6.07, 6.45) is 0. The van der Waals surface area contributed by atoms with Crippen LogP contribution in [0.4, 0.5) is 4.39 Å². The highest BCUT2D eigenvalue weighted by atomic mass is 19.1. The van der Waals surface area contributed by atoms with E-state index in [1.54, 1.807) is 18.2 Å². The zero-order valence-electron chi connectivity index (χ0n) is 10.7. The van der Waals surface area contributed by atoms with Gasteiger partial charge in [-0.25, -0.2) is 4.39 Å². The zero-order chi connectivity index (χ0) is 13.1. The second kappa shape index (κ2) is 5.48. The first-order valence-electron chi connectivity index (χ1n) is 6.35. The van der Waals surface area contributed by atoms with Gasteiger partial charge >= 0.3 is 0 Å². The molecule has 98 valence electrons. The van der Waals surface area contributed by atoms with Crippen LogP contribution in [0, 0.1) is 17.7 Å². The van der Waals surface area contributed by atoms with E-state index in [4.69, 9.17) is 0 Å². The van der Waals surface area contributed by atoms with E-state index in [1.165, 1.54) is 6.07 Å². The Morgan fingerprint density at radius 2 is 2.17 bits per heavy atom. The van der Waals surface area contributed by atoms with Crippen molar-refractivity contribution in [3.05, 3.63) is 35.6 Å². The largest absolute Gasteiger partial charge is 0.349 e. The SMILES string of the molecule is CC1CNCC1C(=O)N[C@H](C)c1ccccc1F. The molecule has 1 heterocycles. The topological polar surface area (TPSA) is 41.1 Å². The molecule has 0 spiro atoms. The lowest BCUT2D eigenvalue weighted by molar-refractivity contribution is -0.126. The number of halogens is 1. The predicted molar refractivity (Wildman–Crippen MR) is 68.5 cm³/mol. The molecule has 0 aromatic heterocycles. The fourth-order valence-electron chi connectivity index (χ4n) is 2.39. The van der Waals surface area contributed by atoms with Gasteiger partial charge in [0.1, 0.15) is 5.82 Å². The Labute approximate surface area is 107 Å². The number of benzene rings is 1. The van der Waals surface area contributed by atoms with Crippen molar-refractivity contribution in [2.75, 3.05) is 13.1 Å². The summed E-state index contributed by atoms with van der Waals surface area (Å²) >= 11 is 0. The molecule has 1 aromatic rings. The smallest absolute Gasteiger partial charge is 0.225 e. The van der Waals surface area contributed by atoms with Crippen LogP contribution in [-0.2, 0) is 4.79 Å². The van der Waals surface area contributed by atoms with Gasteiger partial charge < -0.3 is 10.6 Å². The van der Waals surface area contributed by atoms with E-state index in [-0.39, 0.29) is 23.7 Å². The fraction of sp³-hybridized carbons (Fsp3) is 0.500. The van der Waals surface area contributed by atoms with Crippen LogP contribution in [0.2, 0.25) is 0 Å². The van der Waals surface area contributed by atoms with Crippen LogP contribution in [-0.4, -0.2) is 19.0 Å². The number of rotatable bonds is 3. The van der Waals surface area contributed by atoms with Gasteiger partial charge in [-0.15, -0.1) is 0 Å². The lowest BCUT2D eigenvalue weighted by atomic mass is 9.96. The summed E-state index contributed by atoms with van der Waals surface area (Å²) in [7, 11) is 0. The molecule has 0 aliphatic carbocycles. The van der Waals surface area contributed by atoms with E-state index in [2.05, 4.69) is 17.6 Å². The van der Waals surface area contributed by atoms with E-state index in [0.717, 1.165) is 6.54 Å². The normalized spacial score (nSPS) is 24.8. The number of hydrogen-bond donors (Lipinski definition) is 2. The van der Waals surface area contributed by atoms with Crippen LogP contribution in [0.5, 0.6) is 0 Å². The van der Waals surface area contributed by atoms with Crippen molar-refractivity contribution in [1.82, 2.24) is 10.6 Å². The molecule has 1 amide bonds. The summed E-state index contributed by atoms with van der Waals surface area (Å²) in [6.45, 7) is 5.44. The lowest BCUT2D eigenvalue weighted by Gasteiger charge is -2.19. The van der Waals surface area contributed by atoms with Crippen molar-refractivity contribution in [3.8, 4) is 0 Å². The molecule has 3 atom stereocenters. The van der Waals surface area contributed by atoms with Crippen LogP contribution in [0.3, 0.4) is 0 Å². The molecule has 3 nitrogen and oxygen atoms in total. The average Bonchev–Trinajstić information content (AvgIpc) is 2.76. The summed E-state index contributed by atoms with van der Waals surface area (Å²) in [5, 5.41) is 6.08. The molecule has 2 N–H and O–H groups in total. The van der Waals surface area contributed by atoms with Gasteiger partial charge in [-0.05, 0) is 25.5 Å². The highest BCUT2D eigenvalue weighted by Crippen LogP contribution is 2.20. The molecule has 1 fully saturated rings. The van der Waals surface area contributed by atoms with Crippen LogP contribution >= 0.6 is 0 Å². The molecule has 0 bridgehead atoms. The molecule has 0 saturated carbocycles. The maximum Gasteiger partial charge on any atom is 0.225 e. The molecule has 1 saturated heterocycles. The minimum absolute atomic E-state index is 0.00301. The van der Waals surface area contributed by atoms with Gasteiger partial charge in [-0.3, -0.25) is 4.79 Å². The van der Waals surface area contributed by atoms with Gasteiger partial charge in [0.2, 0.25) is 5.91 Å². The first-order chi connectivity index (χ1) is 8.59. The Kier molecular flexibility index (Phi) is 3.97. The van der Waals surface area contributed by atoms with Crippen LogP contribution < -0.4 is 10.6 Å². The van der Waals surface area contributed by atoms with Crippen LogP contribution in [0.15, 0.2) is 24.3 Å². The number of carbonyl (C=O) groups is 1. The minimum Gasteiger partial charge on any atom is -0.349 e. The number of amides is 1. The zero-order valence-corrected chi connectivity index (χ0v) is 10.7. The van der Waals surface area contributed by atoms with Gasteiger partial charge in [0.25, 0.3) is 0 Å². The molecule has 4 heteroatoms. The third-order valence-corrected chi connectivity index (χ3v) is 3.58. The lowest BCUT2D eigenvalue weighted by Crippen LogP contribution is -2.36. The highest BCUT2D eigenvalue weighted by molar-refractivity contribution is 5.80. The van der Waals surface area contributed by atoms with E-state index in [9.17, 15) is 9.18 Å². The first-order valence-corrected chi connectivity index (χ1v) is 6.35. The number of carbonyl (C=O) groups excluding carboxylic acids is 1. The molecule has 1 aliphatic heterocycles. The quantitative estimate of drug-likeness (QED) is 0.859. The summed E-state index contributed by atoms with van der Waals surface area (Å²) in [5.74, 6) is 0.0446. The molecule has 2 rings (SSSR count). The van der Waals surface area contributed by atoms with Gasteiger partial charge in [0.05, 0.1) is 12.0 Å². The highest BCUT2D eigenvalue weighted by Gasteiger charge is 2.30. The van der Waals surface area contributed by atoms with E-state index < -0.39 is 0 Å². The summed E-state index contributed by atoms with van der Waals surface area (Å²) < 4.78 is 13.6. The minimum atomic E-state index is -0.300. The van der Waals surface area contributed by atoms with Gasteiger partial charge in [0, 0.05) is 12.1 Å². The molecular weight excluding hydrogens is 231 g/mol. The van der Waals surface area contributed by atoms with Crippen molar-refractivity contribution in [3.63, 3.8) is 0 Å². The Hall–Kier alpha value is -1.42. The Bertz CT molecular complexity index is 436. The first kappa shape index (κ1) is 13.0. The average molecular weight is 250 g/mol.